The molecule has 0 atom stereocenters. The standard InChI is InChI=1S/C19H23FN2O2/c1-19(10-12-21-13-11-19)22-18(23)9-7-14-6-8-17(24-14)15-4-2-3-5-16(15)20/h2-6,8,21H,7,9-13H2,1H3,(H,22,23). The molecule has 1 aliphatic rings. The number of furan rings is 1. The van der Waals surface area contributed by atoms with Gasteiger partial charge in [-0.25, -0.2) is 4.39 Å². The lowest BCUT2D eigenvalue weighted by atomic mass is 9.90. The summed E-state index contributed by atoms with van der Waals surface area (Å²) >= 11 is 0. The quantitative estimate of drug-likeness (QED) is 0.884. The average molecular weight is 330 g/mol. The molecule has 3 rings (SSSR count). The summed E-state index contributed by atoms with van der Waals surface area (Å²) in [4.78, 5) is 12.2. The van der Waals surface area contributed by atoms with E-state index in [2.05, 4.69) is 17.6 Å². The van der Waals surface area contributed by atoms with Gasteiger partial charge in [0.25, 0.3) is 0 Å². The number of nitrogens with one attached hydrogen (secondary N) is 2. The van der Waals surface area contributed by atoms with Crippen LogP contribution in [-0.2, 0) is 11.2 Å². The number of rotatable bonds is 5. The predicted octanol–water partition coefficient (Wildman–Crippen LogP) is 3.28. The van der Waals surface area contributed by atoms with Gasteiger partial charge in [0.2, 0.25) is 5.91 Å². The fourth-order valence-electron chi connectivity index (χ4n) is 3.06. The summed E-state index contributed by atoms with van der Waals surface area (Å²) < 4.78 is 19.5. The summed E-state index contributed by atoms with van der Waals surface area (Å²) in [5.74, 6) is 0.908. The van der Waals surface area contributed by atoms with Crippen molar-refractivity contribution in [2.24, 2.45) is 0 Å². The van der Waals surface area contributed by atoms with E-state index >= 15 is 0 Å². The van der Waals surface area contributed by atoms with Crippen LogP contribution in [0.2, 0.25) is 0 Å². The lowest BCUT2D eigenvalue weighted by molar-refractivity contribution is -0.123. The van der Waals surface area contributed by atoms with Gasteiger partial charge in [-0.05, 0) is 57.1 Å². The first-order valence-electron chi connectivity index (χ1n) is 8.41. The van der Waals surface area contributed by atoms with E-state index in [1.807, 2.05) is 0 Å². The maximum Gasteiger partial charge on any atom is 0.220 e. The van der Waals surface area contributed by atoms with Crippen LogP contribution >= 0.6 is 0 Å². The van der Waals surface area contributed by atoms with Crippen LogP contribution in [0.15, 0.2) is 40.8 Å². The minimum atomic E-state index is -0.310. The Hall–Kier alpha value is -2.14. The molecule has 1 aromatic carbocycles. The third-order valence-corrected chi connectivity index (χ3v) is 4.55. The molecule has 1 fully saturated rings. The lowest BCUT2D eigenvalue weighted by Crippen LogP contribution is -2.52. The molecule has 2 N–H and O–H groups in total. The number of hydrogen-bond donors (Lipinski definition) is 2. The molecule has 4 nitrogen and oxygen atoms in total. The molecule has 1 saturated heterocycles. The van der Waals surface area contributed by atoms with E-state index < -0.39 is 0 Å². The molecule has 0 aliphatic carbocycles. The van der Waals surface area contributed by atoms with Gasteiger partial charge >= 0.3 is 0 Å². The number of halogens is 1. The van der Waals surface area contributed by atoms with Gasteiger partial charge in [0, 0.05) is 18.4 Å². The normalized spacial score (nSPS) is 16.8. The number of carbonyl (C=O) groups excluding carboxylic acids is 1. The van der Waals surface area contributed by atoms with Crippen molar-refractivity contribution in [1.82, 2.24) is 10.6 Å². The molecular weight excluding hydrogens is 307 g/mol. The highest BCUT2D eigenvalue weighted by atomic mass is 19.1. The second kappa shape index (κ2) is 7.18. The van der Waals surface area contributed by atoms with Crippen LogP contribution in [0.1, 0.15) is 31.9 Å². The minimum Gasteiger partial charge on any atom is -0.461 e. The molecule has 0 saturated carbocycles. The molecule has 1 aliphatic heterocycles. The molecular formula is C19H23FN2O2. The maximum atomic E-state index is 13.8. The van der Waals surface area contributed by atoms with E-state index in [9.17, 15) is 9.18 Å². The topological polar surface area (TPSA) is 54.3 Å². The van der Waals surface area contributed by atoms with Gasteiger partial charge in [-0.1, -0.05) is 12.1 Å². The van der Waals surface area contributed by atoms with E-state index in [0.717, 1.165) is 25.9 Å². The largest absolute Gasteiger partial charge is 0.461 e. The third-order valence-electron chi connectivity index (χ3n) is 4.55. The van der Waals surface area contributed by atoms with Gasteiger partial charge in [0.1, 0.15) is 17.3 Å². The summed E-state index contributed by atoms with van der Waals surface area (Å²) in [6.45, 7) is 3.96. The second-order valence-corrected chi connectivity index (χ2v) is 6.60. The first-order valence-corrected chi connectivity index (χ1v) is 8.41. The second-order valence-electron chi connectivity index (χ2n) is 6.60. The van der Waals surface area contributed by atoms with E-state index in [1.54, 1.807) is 30.3 Å². The van der Waals surface area contributed by atoms with Crippen molar-refractivity contribution >= 4 is 5.91 Å². The predicted molar refractivity (Wildman–Crippen MR) is 91.1 cm³/mol. The Kier molecular flexibility index (Phi) is 5.00. The Bertz CT molecular complexity index is 705. The van der Waals surface area contributed by atoms with E-state index in [1.165, 1.54) is 6.07 Å². The average Bonchev–Trinajstić information content (AvgIpc) is 3.02. The summed E-state index contributed by atoms with van der Waals surface area (Å²) in [5.41, 5.74) is 0.319. The maximum absolute atomic E-state index is 13.8. The number of carbonyl (C=O) groups is 1. The van der Waals surface area contributed by atoms with Crippen LogP contribution in [0.4, 0.5) is 4.39 Å². The highest BCUT2D eigenvalue weighted by molar-refractivity contribution is 5.77. The van der Waals surface area contributed by atoms with Crippen molar-refractivity contribution in [3.05, 3.63) is 48.0 Å². The zero-order valence-corrected chi connectivity index (χ0v) is 13.9. The summed E-state index contributed by atoms with van der Waals surface area (Å²) in [6.07, 6.45) is 2.76. The monoisotopic (exact) mass is 330 g/mol. The fourth-order valence-corrected chi connectivity index (χ4v) is 3.06. The summed E-state index contributed by atoms with van der Waals surface area (Å²) in [6, 6.07) is 10.1. The number of benzene rings is 1. The molecule has 128 valence electrons. The Labute approximate surface area is 141 Å². The fraction of sp³-hybridized carbons (Fsp3) is 0.421. The Morgan fingerprint density at radius 1 is 1.25 bits per heavy atom. The van der Waals surface area contributed by atoms with Crippen LogP contribution in [0.5, 0.6) is 0 Å². The van der Waals surface area contributed by atoms with Crippen molar-refractivity contribution in [3.63, 3.8) is 0 Å². The van der Waals surface area contributed by atoms with Gasteiger partial charge in [-0.15, -0.1) is 0 Å². The smallest absolute Gasteiger partial charge is 0.220 e. The SMILES string of the molecule is CC1(NC(=O)CCc2ccc(-c3ccccc3F)o2)CCNCC1. The number of hydrogen-bond acceptors (Lipinski definition) is 3. The zero-order chi connectivity index (χ0) is 17.0. The molecule has 1 aromatic heterocycles. The van der Waals surface area contributed by atoms with Gasteiger partial charge in [0.15, 0.2) is 0 Å². The molecule has 2 heterocycles. The summed E-state index contributed by atoms with van der Waals surface area (Å²) in [5, 5.41) is 6.43. The van der Waals surface area contributed by atoms with Crippen LogP contribution in [0.25, 0.3) is 11.3 Å². The van der Waals surface area contributed by atoms with Crippen molar-refractivity contribution in [3.8, 4) is 11.3 Å². The first-order chi connectivity index (χ1) is 11.6. The van der Waals surface area contributed by atoms with Crippen molar-refractivity contribution in [1.29, 1.82) is 0 Å². The Morgan fingerprint density at radius 3 is 2.75 bits per heavy atom. The molecule has 0 spiro atoms. The van der Waals surface area contributed by atoms with Crippen molar-refractivity contribution < 1.29 is 13.6 Å². The third kappa shape index (κ3) is 4.03. The van der Waals surface area contributed by atoms with Crippen LogP contribution in [-0.4, -0.2) is 24.5 Å². The summed E-state index contributed by atoms with van der Waals surface area (Å²) in [7, 11) is 0. The van der Waals surface area contributed by atoms with Gasteiger partial charge in [-0.3, -0.25) is 4.79 Å². The highest BCUT2D eigenvalue weighted by Crippen LogP contribution is 2.25. The molecule has 2 aromatic rings. The van der Waals surface area contributed by atoms with Gasteiger partial charge < -0.3 is 15.1 Å². The van der Waals surface area contributed by atoms with Gasteiger partial charge in [-0.2, -0.15) is 0 Å². The zero-order valence-electron chi connectivity index (χ0n) is 13.9. The minimum absolute atomic E-state index is 0.0308. The number of amides is 1. The van der Waals surface area contributed by atoms with Crippen LogP contribution in [0, 0.1) is 5.82 Å². The molecule has 1 amide bonds. The van der Waals surface area contributed by atoms with Crippen LogP contribution in [0.3, 0.4) is 0 Å². The molecule has 5 heteroatoms. The highest BCUT2D eigenvalue weighted by Gasteiger charge is 2.28. The van der Waals surface area contributed by atoms with Crippen LogP contribution < -0.4 is 10.6 Å². The molecule has 0 bridgehead atoms. The molecule has 24 heavy (non-hydrogen) atoms. The lowest BCUT2D eigenvalue weighted by Gasteiger charge is -2.35. The number of piperidine rings is 1. The van der Waals surface area contributed by atoms with Gasteiger partial charge in [0.05, 0.1) is 5.56 Å². The molecule has 0 unspecified atom stereocenters. The van der Waals surface area contributed by atoms with E-state index in [0.29, 0.717) is 29.9 Å². The number of aryl methyl sites for hydroxylation is 1. The van der Waals surface area contributed by atoms with E-state index in [-0.39, 0.29) is 17.3 Å². The Morgan fingerprint density at radius 2 is 2.00 bits per heavy atom. The molecule has 0 radical (unpaired) electrons. The van der Waals surface area contributed by atoms with Crippen molar-refractivity contribution in [2.45, 2.75) is 38.1 Å². The first kappa shape index (κ1) is 16.7. The van der Waals surface area contributed by atoms with Crippen molar-refractivity contribution in [2.75, 3.05) is 13.1 Å². The van der Waals surface area contributed by atoms with E-state index in [4.69, 9.17) is 4.42 Å². The Balaban J connectivity index is 1.56.